The number of carbonyl (C=O) groups excluding carboxylic acids is 1. The summed E-state index contributed by atoms with van der Waals surface area (Å²) < 4.78 is 35.7. The van der Waals surface area contributed by atoms with E-state index in [4.69, 9.17) is 0 Å². The second kappa shape index (κ2) is 7.78. The van der Waals surface area contributed by atoms with E-state index in [1.165, 1.54) is 10.4 Å². The van der Waals surface area contributed by atoms with Crippen molar-refractivity contribution in [2.24, 2.45) is 0 Å². The first-order valence-corrected chi connectivity index (χ1v) is 11.0. The minimum atomic E-state index is -3.68. The Kier molecular flexibility index (Phi) is 5.21. The topological polar surface area (TPSA) is 83.5 Å². The summed E-state index contributed by atoms with van der Waals surface area (Å²) in [5, 5.41) is 0. The third kappa shape index (κ3) is 3.68. The first kappa shape index (κ1) is 18.7. The molecule has 1 saturated heterocycles. The molecule has 1 aromatic heterocycles. The third-order valence-corrected chi connectivity index (χ3v) is 7.11. The van der Waals surface area contributed by atoms with Crippen molar-refractivity contribution in [3.8, 4) is 0 Å². The molecule has 2 heterocycles. The summed E-state index contributed by atoms with van der Waals surface area (Å²) in [6.45, 7) is 1.20. The fourth-order valence-corrected chi connectivity index (χ4v) is 5.29. The Morgan fingerprint density at radius 3 is 2.46 bits per heavy atom. The first-order chi connectivity index (χ1) is 13.6. The zero-order valence-corrected chi connectivity index (χ0v) is 16.6. The highest BCUT2D eigenvalue weighted by molar-refractivity contribution is 7.89. The molecule has 0 atom stereocenters. The van der Waals surface area contributed by atoms with E-state index >= 15 is 0 Å². The molecule has 0 bridgehead atoms. The smallest absolute Gasteiger partial charge is 0.246 e. The number of nitrogens with zero attached hydrogens (tertiary/aromatic N) is 4. The summed E-state index contributed by atoms with van der Waals surface area (Å²) in [6.07, 6.45) is 3.29. The van der Waals surface area contributed by atoms with Crippen LogP contribution < -0.4 is 0 Å². The van der Waals surface area contributed by atoms with Crippen molar-refractivity contribution in [3.63, 3.8) is 0 Å². The Bertz CT molecular complexity index is 1120. The zero-order valence-electron chi connectivity index (χ0n) is 14.9. The molecule has 1 fully saturated rings. The van der Waals surface area contributed by atoms with Crippen molar-refractivity contribution < 1.29 is 13.2 Å². The van der Waals surface area contributed by atoms with Gasteiger partial charge in [0.15, 0.2) is 0 Å². The lowest BCUT2D eigenvalue weighted by atomic mass is 10.2. The van der Waals surface area contributed by atoms with E-state index in [0.717, 1.165) is 17.3 Å². The fourth-order valence-electron chi connectivity index (χ4n) is 3.11. The van der Waals surface area contributed by atoms with Crippen molar-refractivity contribution in [2.75, 3.05) is 26.2 Å². The number of hydrogen-bond acceptors (Lipinski definition) is 6. The lowest BCUT2D eigenvalue weighted by molar-refractivity contribution is -0.127. The summed E-state index contributed by atoms with van der Waals surface area (Å²) in [6, 6.07) is 14.5. The Morgan fingerprint density at radius 1 is 0.964 bits per heavy atom. The van der Waals surface area contributed by atoms with Gasteiger partial charge in [0.1, 0.15) is 15.9 Å². The Morgan fingerprint density at radius 2 is 1.71 bits per heavy atom. The van der Waals surface area contributed by atoms with E-state index in [1.54, 1.807) is 29.2 Å². The molecular weight excluding hydrogens is 396 g/mol. The minimum Gasteiger partial charge on any atom is -0.337 e. The summed E-state index contributed by atoms with van der Waals surface area (Å²) in [4.78, 5) is 14.2. The standard InChI is InChI=1S/C19H18N4O3S2/c24-18(10-9-15-5-2-1-3-6-15)22-11-13-23(14-12-22)28(25,26)17-8-4-7-16-19(17)21-27-20-16/h1-10H,11-14H2. The van der Waals surface area contributed by atoms with Gasteiger partial charge in [-0.15, -0.1) is 0 Å². The second-order valence-electron chi connectivity index (χ2n) is 6.36. The third-order valence-electron chi connectivity index (χ3n) is 4.64. The number of carbonyl (C=O) groups is 1. The largest absolute Gasteiger partial charge is 0.337 e. The maximum absolute atomic E-state index is 13.0. The average Bonchev–Trinajstić information content (AvgIpc) is 3.21. The van der Waals surface area contributed by atoms with Gasteiger partial charge in [0.2, 0.25) is 15.9 Å². The predicted octanol–water partition coefficient (Wildman–Crippen LogP) is 2.24. The molecule has 3 aromatic rings. The van der Waals surface area contributed by atoms with Crippen LogP contribution in [0.1, 0.15) is 5.56 Å². The van der Waals surface area contributed by atoms with Gasteiger partial charge in [-0.3, -0.25) is 4.79 Å². The summed E-state index contributed by atoms with van der Waals surface area (Å²) in [7, 11) is -3.68. The number of hydrogen-bond donors (Lipinski definition) is 0. The lowest BCUT2D eigenvalue weighted by Crippen LogP contribution is -2.50. The Balaban J connectivity index is 1.44. The van der Waals surface area contributed by atoms with Crippen molar-refractivity contribution in [1.29, 1.82) is 0 Å². The molecule has 1 aliphatic rings. The monoisotopic (exact) mass is 414 g/mol. The van der Waals surface area contributed by atoms with Gasteiger partial charge in [-0.1, -0.05) is 36.4 Å². The molecule has 28 heavy (non-hydrogen) atoms. The van der Waals surface area contributed by atoms with E-state index in [0.29, 0.717) is 24.1 Å². The van der Waals surface area contributed by atoms with E-state index < -0.39 is 10.0 Å². The molecule has 7 nitrogen and oxygen atoms in total. The fraction of sp³-hybridized carbons (Fsp3) is 0.211. The molecule has 0 aliphatic carbocycles. The van der Waals surface area contributed by atoms with Crippen molar-refractivity contribution in [3.05, 3.63) is 60.2 Å². The number of rotatable bonds is 4. The van der Waals surface area contributed by atoms with Gasteiger partial charge >= 0.3 is 0 Å². The van der Waals surface area contributed by atoms with E-state index in [9.17, 15) is 13.2 Å². The average molecular weight is 415 g/mol. The van der Waals surface area contributed by atoms with Crippen LogP contribution in [0.25, 0.3) is 17.1 Å². The number of sulfonamides is 1. The van der Waals surface area contributed by atoms with E-state index in [1.807, 2.05) is 30.3 Å². The molecule has 0 N–H and O–H groups in total. The molecule has 9 heteroatoms. The first-order valence-electron chi connectivity index (χ1n) is 8.79. The molecule has 0 saturated carbocycles. The van der Waals surface area contributed by atoms with Crippen molar-refractivity contribution >= 4 is 44.8 Å². The van der Waals surface area contributed by atoms with Crippen molar-refractivity contribution in [1.82, 2.24) is 18.0 Å². The number of piperazine rings is 1. The van der Waals surface area contributed by atoms with Crippen LogP contribution in [0.2, 0.25) is 0 Å². The van der Waals surface area contributed by atoms with Gasteiger partial charge in [0.25, 0.3) is 0 Å². The molecule has 0 spiro atoms. The van der Waals surface area contributed by atoms with Gasteiger partial charge in [-0.2, -0.15) is 13.1 Å². The van der Waals surface area contributed by atoms with Gasteiger partial charge in [0, 0.05) is 32.3 Å². The quantitative estimate of drug-likeness (QED) is 0.612. The Labute approximate surface area is 167 Å². The molecular formula is C19H18N4O3S2. The molecule has 1 amide bonds. The summed E-state index contributed by atoms with van der Waals surface area (Å²) in [5.74, 6) is -0.119. The lowest BCUT2D eigenvalue weighted by Gasteiger charge is -2.33. The van der Waals surface area contributed by atoms with E-state index in [-0.39, 0.29) is 23.9 Å². The SMILES string of the molecule is O=C(C=Cc1ccccc1)N1CCN(S(=O)(=O)c2cccc3nsnc23)CC1. The van der Waals surface area contributed by atoms with Crippen LogP contribution in [0, 0.1) is 0 Å². The van der Waals surface area contributed by atoms with Crippen LogP contribution in [0.3, 0.4) is 0 Å². The predicted molar refractivity (Wildman–Crippen MR) is 108 cm³/mol. The number of aromatic nitrogens is 2. The van der Waals surface area contributed by atoms with Gasteiger partial charge in [0.05, 0.1) is 11.7 Å². The van der Waals surface area contributed by atoms with Gasteiger partial charge in [-0.25, -0.2) is 8.42 Å². The molecule has 0 radical (unpaired) electrons. The maximum atomic E-state index is 13.0. The molecule has 4 rings (SSSR count). The van der Waals surface area contributed by atoms with Gasteiger partial charge in [-0.05, 0) is 23.8 Å². The highest BCUT2D eigenvalue weighted by atomic mass is 32.2. The Hall–Kier alpha value is -2.62. The number of amides is 1. The second-order valence-corrected chi connectivity index (χ2v) is 8.80. The number of benzene rings is 2. The van der Waals surface area contributed by atoms with Crippen LogP contribution in [-0.4, -0.2) is 58.5 Å². The maximum Gasteiger partial charge on any atom is 0.246 e. The van der Waals surface area contributed by atoms with Crippen LogP contribution in [0.5, 0.6) is 0 Å². The van der Waals surface area contributed by atoms with Gasteiger partial charge < -0.3 is 4.90 Å². The van der Waals surface area contributed by atoms with Crippen molar-refractivity contribution in [2.45, 2.75) is 4.90 Å². The molecule has 2 aromatic carbocycles. The normalized spacial score (nSPS) is 16.1. The summed E-state index contributed by atoms with van der Waals surface area (Å²) in [5.41, 5.74) is 1.92. The molecule has 144 valence electrons. The zero-order chi connectivity index (χ0) is 19.6. The number of fused-ring (bicyclic) bond motifs is 1. The van der Waals surface area contributed by atoms with Crippen LogP contribution in [0.15, 0.2) is 59.5 Å². The van der Waals surface area contributed by atoms with Crippen LogP contribution in [-0.2, 0) is 14.8 Å². The highest BCUT2D eigenvalue weighted by Gasteiger charge is 2.31. The van der Waals surface area contributed by atoms with E-state index in [2.05, 4.69) is 8.75 Å². The van der Waals surface area contributed by atoms with Crippen LogP contribution >= 0.6 is 11.7 Å². The van der Waals surface area contributed by atoms with Crippen LogP contribution in [0.4, 0.5) is 0 Å². The molecule has 1 aliphatic heterocycles. The minimum absolute atomic E-state index is 0.119. The molecule has 0 unspecified atom stereocenters. The highest BCUT2D eigenvalue weighted by Crippen LogP contribution is 2.25. The summed E-state index contributed by atoms with van der Waals surface area (Å²) >= 11 is 0.994.